The molecule has 1 atom stereocenters. The Hall–Kier alpha value is -3.97. The SMILES string of the molecule is COC(=O)c1cccc(NC(=O)Nc2cccc(C(C)=O)c2)c1CN1CCCCC1Cc1ccccc1. The number of carbonyl (C=O) groups is 3. The number of esters is 1. The van der Waals surface area contributed by atoms with Crippen LogP contribution in [-0.4, -0.2) is 42.4 Å². The van der Waals surface area contributed by atoms with Crippen LogP contribution < -0.4 is 10.6 Å². The van der Waals surface area contributed by atoms with Crippen molar-refractivity contribution in [3.63, 3.8) is 0 Å². The van der Waals surface area contributed by atoms with Gasteiger partial charge in [0.1, 0.15) is 0 Å². The van der Waals surface area contributed by atoms with E-state index >= 15 is 0 Å². The third kappa shape index (κ3) is 6.83. The van der Waals surface area contributed by atoms with Gasteiger partial charge in [0.05, 0.1) is 12.7 Å². The second-order valence-electron chi connectivity index (χ2n) is 9.35. The first-order valence-electron chi connectivity index (χ1n) is 12.6. The van der Waals surface area contributed by atoms with Crippen LogP contribution in [0.2, 0.25) is 0 Å². The number of hydrogen-bond acceptors (Lipinski definition) is 5. The Labute approximate surface area is 217 Å². The maximum Gasteiger partial charge on any atom is 0.338 e. The number of likely N-dealkylation sites (tertiary alicyclic amines) is 1. The first-order chi connectivity index (χ1) is 17.9. The van der Waals surface area contributed by atoms with Crippen molar-refractivity contribution in [2.24, 2.45) is 0 Å². The van der Waals surface area contributed by atoms with E-state index < -0.39 is 12.0 Å². The highest BCUT2D eigenvalue weighted by Gasteiger charge is 2.26. The summed E-state index contributed by atoms with van der Waals surface area (Å²) in [6, 6.07) is 22.3. The lowest BCUT2D eigenvalue weighted by Gasteiger charge is -2.36. The number of ketones is 1. The van der Waals surface area contributed by atoms with E-state index in [2.05, 4.69) is 39.8 Å². The first kappa shape index (κ1) is 26.1. The van der Waals surface area contributed by atoms with Crippen molar-refractivity contribution in [3.05, 3.63) is 95.1 Å². The molecule has 3 aromatic rings. The van der Waals surface area contributed by atoms with Crippen LogP contribution >= 0.6 is 0 Å². The molecule has 1 aliphatic rings. The van der Waals surface area contributed by atoms with Crippen molar-refractivity contribution in [2.45, 2.75) is 45.2 Å². The Morgan fingerprint density at radius 2 is 1.73 bits per heavy atom. The topological polar surface area (TPSA) is 87.7 Å². The van der Waals surface area contributed by atoms with E-state index in [9.17, 15) is 14.4 Å². The molecule has 0 aliphatic carbocycles. The Balaban J connectivity index is 1.57. The fourth-order valence-electron chi connectivity index (χ4n) is 4.86. The average molecular weight is 500 g/mol. The number of ether oxygens (including phenoxy) is 1. The molecule has 1 unspecified atom stereocenters. The Kier molecular flexibility index (Phi) is 8.69. The van der Waals surface area contributed by atoms with Crippen molar-refractivity contribution in [2.75, 3.05) is 24.3 Å². The molecule has 7 heteroatoms. The minimum Gasteiger partial charge on any atom is -0.465 e. The molecule has 0 radical (unpaired) electrons. The average Bonchev–Trinajstić information content (AvgIpc) is 2.91. The number of methoxy groups -OCH3 is 1. The molecule has 1 fully saturated rings. The Morgan fingerprint density at radius 1 is 0.946 bits per heavy atom. The summed E-state index contributed by atoms with van der Waals surface area (Å²) in [5.41, 5.74) is 4.01. The van der Waals surface area contributed by atoms with E-state index in [1.54, 1.807) is 42.5 Å². The van der Waals surface area contributed by atoms with Crippen LogP contribution in [-0.2, 0) is 17.7 Å². The molecular formula is C30H33N3O4. The number of rotatable bonds is 8. The van der Waals surface area contributed by atoms with Gasteiger partial charge in [-0.3, -0.25) is 9.69 Å². The van der Waals surface area contributed by atoms with Gasteiger partial charge >= 0.3 is 12.0 Å². The second kappa shape index (κ2) is 12.3. The van der Waals surface area contributed by atoms with Gasteiger partial charge in [0.2, 0.25) is 0 Å². The second-order valence-corrected chi connectivity index (χ2v) is 9.35. The minimum atomic E-state index is -0.455. The fraction of sp³-hybridized carbons (Fsp3) is 0.300. The third-order valence-electron chi connectivity index (χ3n) is 6.78. The van der Waals surface area contributed by atoms with Crippen molar-refractivity contribution < 1.29 is 19.1 Å². The van der Waals surface area contributed by atoms with E-state index in [-0.39, 0.29) is 5.78 Å². The number of piperidine rings is 1. The highest BCUT2D eigenvalue weighted by molar-refractivity contribution is 6.03. The zero-order chi connectivity index (χ0) is 26.2. The van der Waals surface area contributed by atoms with Gasteiger partial charge in [0.15, 0.2) is 5.78 Å². The molecule has 2 amide bonds. The fourth-order valence-corrected chi connectivity index (χ4v) is 4.86. The van der Waals surface area contributed by atoms with Crippen LogP contribution in [0.5, 0.6) is 0 Å². The van der Waals surface area contributed by atoms with Crippen LogP contribution in [0.3, 0.4) is 0 Å². The molecule has 0 saturated carbocycles. The standard InChI is InChI=1S/C30H33N3O4/c1-21(34)23-12-8-13-24(19-23)31-30(36)32-28-16-9-15-26(29(35)37-2)27(28)20-33-17-7-6-14-25(33)18-22-10-4-3-5-11-22/h3-5,8-13,15-16,19,25H,6-7,14,17-18,20H2,1-2H3,(H2,31,32,36). The maximum atomic E-state index is 12.9. The van der Waals surface area contributed by atoms with Crippen molar-refractivity contribution >= 4 is 29.2 Å². The number of nitrogens with zero attached hydrogens (tertiary/aromatic N) is 1. The monoisotopic (exact) mass is 499 g/mol. The highest BCUT2D eigenvalue weighted by Crippen LogP contribution is 2.28. The molecular weight excluding hydrogens is 466 g/mol. The van der Waals surface area contributed by atoms with Gasteiger partial charge in [0.25, 0.3) is 0 Å². The molecule has 7 nitrogen and oxygen atoms in total. The lowest BCUT2D eigenvalue weighted by Crippen LogP contribution is -2.40. The van der Waals surface area contributed by atoms with Gasteiger partial charge in [-0.2, -0.15) is 0 Å². The molecule has 0 bridgehead atoms. The molecule has 2 N–H and O–H groups in total. The van der Waals surface area contributed by atoms with Gasteiger partial charge in [-0.05, 0) is 62.6 Å². The minimum absolute atomic E-state index is 0.0799. The summed E-state index contributed by atoms with van der Waals surface area (Å²) in [5, 5.41) is 5.70. The quantitative estimate of drug-likeness (QED) is 0.297. The molecule has 1 heterocycles. The predicted molar refractivity (Wildman–Crippen MR) is 145 cm³/mol. The largest absolute Gasteiger partial charge is 0.465 e. The van der Waals surface area contributed by atoms with E-state index in [1.807, 2.05) is 6.07 Å². The molecule has 1 aliphatic heterocycles. The van der Waals surface area contributed by atoms with Crippen molar-refractivity contribution in [3.8, 4) is 0 Å². The predicted octanol–water partition coefficient (Wildman–Crippen LogP) is 5.92. The number of benzene rings is 3. The van der Waals surface area contributed by atoms with Gasteiger partial charge < -0.3 is 15.4 Å². The van der Waals surface area contributed by atoms with E-state index in [0.717, 1.165) is 31.4 Å². The van der Waals surface area contributed by atoms with Gasteiger partial charge in [-0.15, -0.1) is 0 Å². The Morgan fingerprint density at radius 3 is 2.49 bits per heavy atom. The zero-order valence-corrected chi connectivity index (χ0v) is 21.3. The lowest BCUT2D eigenvalue weighted by molar-refractivity contribution is 0.0596. The highest BCUT2D eigenvalue weighted by atomic mass is 16.5. The third-order valence-corrected chi connectivity index (χ3v) is 6.78. The number of amides is 2. The van der Waals surface area contributed by atoms with E-state index in [4.69, 9.17) is 4.74 Å². The number of carbonyl (C=O) groups excluding carboxylic acids is 3. The maximum absolute atomic E-state index is 12.9. The molecule has 1 saturated heterocycles. The summed E-state index contributed by atoms with van der Waals surface area (Å²) in [7, 11) is 1.36. The van der Waals surface area contributed by atoms with Crippen molar-refractivity contribution in [1.82, 2.24) is 4.90 Å². The van der Waals surface area contributed by atoms with Gasteiger partial charge in [0, 0.05) is 35.1 Å². The van der Waals surface area contributed by atoms with Crippen LogP contribution in [0, 0.1) is 0 Å². The van der Waals surface area contributed by atoms with E-state index in [1.165, 1.54) is 26.0 Å². The number of urea groups is 1. The molecule has 192 valence electrons. The summed E-state index contributed by atoms with van der Waals surface area (Å²) in [6.07, 6.45) is 4.25. The summed E-state index contributed by atoms with van der Waals surface area (Å²) in [5.74, 6) is -0.520. The smallest absolute Gasteiger partial charge is 0.338 e. The molecule has 3 aromatic carbocycles. The van der Waals surface area contributed by atoms with E-state index in [0.29, 0.717) is 35.1 Å². The number of Topliss-reactive ketones (excluding diaryl/α,β-unsaturated/α-hetero) is 1. The number of anilines is 2. The summed E-state index contributed by atoms with van der Waals surface area (Å²) in [6.45, 7) is 2.91. The summed E-state index contributed by atoms with van der Waals surface area (Å²) >= 11 is 0. The zero-order valence-electron chi connectivity index (χ0n) is 21.3. The number of nitrogens with one attached hydrogen (secondary N) is 2. The van der Waals surface area contributed by atoms with Crippen molar-refractivity contribution in [1.29, 1.82) is 0 Å². The molecule has 0 spiro atoms. The van der Waals surface area contributed by atoms with Crippen LogP contribution in [0.15, 0.2) is 72.8 Å². The first-order valence-corrected chi connectivity index (χ1v) is 12.6. The Bertz CT molecular complexity index is 1260. The molecule has 0 aromatic heterocycles. The lowest BCUT2D eigenvalue weighted by atomic mass is 9.94. The van der Waals surface area contributed by atoms with Crippen LogP contribution in [0.4, 0.5) is 16.2 Å². The summed E-state index contributed by atoms with van der Waals surface area (Å²) < 4.78 is 5.06. The number of hydrogen-bond donors (Lipinski definition) is 2. The van der Waals surface area contributed by atoms with Crippen LogP contribution in [0.1, 0.15) is 58.0 Å². The molecule has 37 heavy (non-hydrogen) atoms. The van der Waals surface area contributed by atoms with Gasteiger partial charge in [-0.1, -0.05) is 55.0 Å². The van der Waals surface area contributed by atoms with Gasteiger partial charge in [-0.25, -0.2) is 9.59 Å². The van der Waals surface area contributed by atoms with Crippen LogP contribution in [0.25, 0.3) is 0 Å². The molecule has 4 rings (SSSR count). The summed E-state index contributed by atoms with van der Waals surface area (Å²) in [4.78, 5) is 39.7. The normalized spacial score (nSPS) is 15.6.